The van der Waals surface area contributed by atoms with Gasteiger partial charge in [0.25, 0.3) is 0 Å². The third-order valence-corrected chi connectivity index (χ3v) is 5.56. The summed E-state index contributed by atoms with van der Waals surface area (Å²) in [6.45, 7) is 4.52. The molecule has 0 atom stereocenters. The molecule has 140 valence electrons. The molecule has 0 saturated heterocycles. The highest BCUT2D eigenvalue weighted by Crippen LogP contribution is 2.25. The summed E-state index contributed by atoms with van der Waals surface area (Å²) in [5, 5.41) is 0. The second kappa shape index (κ2) is 16.0. The Morgan fingerprint density at radius 1 is 0.583 bits per heavy atom. The minimum atomic E-state index is 0.926. The zero-order valence-corrected chi connectivity index (χ0v) is 16.8. The Balaban J connectivity index is 0.000000240. The average Bonchev–Trinajstić information content (AvgIpc) is 2.65. The Morgan fingerprint density at radius 2 is 0.958 bits per heavy atom. The van der Waals surface area contributed by atoms with Crippen molar-refractivity contribution < 1.29 is 0 Å². The van der Waals surface area contributed by atoms with E-state index in [1.165, 1.54) is 103 Å². The first-order chi connectivity index (χ1) is 11.9. The Morgan fingerprint density at radius 3 is 1.29 bits per heavy atom. The van der Waals surface area contributed by atoms with Crippen molar-refractivity contribution in [2.45, 2.75) is 117 Å². The first-order valence-corrected chi connectivity index (χ1v) is 11.2. The van der Waals surface area contributed by atoms with E-state index in [1.54, 1.807) is 0 Å². The molecule has 2 aliphatic carbocycles. The van der Waals surface area contributed by atoms with Gasteiger partial charge in [-0.05, 0) is 50.4 Å². The quantitative estimate of drug-likeness (QED) is 0.308. The van der Waals surface area contributed by atoms with Gasteiger partial charge in [0.05, 0.1) is 0 Å². The van der Waals surface area contributed by atoms with Crippen molar-refractivity contribution in [3.63, 3.8) is 0 Å². The fourth-order valence-corrected chi connectivity index (χ4v) is 3.87. The van der Waals surface area contributed by atoms with Crippen LogP contribution in [0.1, 0.15) is 117 Å². The van der Waals surface area contributed by atoms with Crippen molar-refractivity contribution in [2.24, 2.45) is 11.8 Å². The fourth-order valence-electron chi connectivity index (χ4n) is 3.87. The van der Waals surface area contributed by atoms with E-state index in [-0.39, 0.29) is 0 Å². The molecule has 0 aromatic rings. The molecule has 0 amide bonds. The van der Waals surface area contributed by atoms with Gasteiger partial charge in [0.15, 0.2) is 0 Å². The second-order valence-corrected chi connectivity index (χ2v) is 7.94. The molecule has 0 aromatic carbocycles. The topological polar surface area (TPSA) is 0 Å². The Hall–Kier alpha value is -0.520. The van der Waals surface area contributed by atoms with E-state index < -0.39 is 0 Å². The number of rotatable bonds is 8. The minimum Gasteiger partial charge on any atom is -0.0883 e. The average molecular weight is 333 g/mol. The number of unbranched alkanes of at least 4 members (excludes halogenated alkanes) is 4. The summed E-state index contributed by atoms with van der Waals surface area (Å²) in [7, 11) is 0. The lowest BCUT2D eigenvalue weighted by Crippen LogP contribution is -2.02. The summed E-state index contributed by atoms with van der Waals surface area (Å²) in [4.78, 5) is 0. The van der Waals surface area contributed by atoms with Gasteiger partial charge in [0.2, 0.25) is 0 Å². The molecule has 2 rings (SSSR count). The van der Waals surface area contributed by atoms with Crippen LogP contribution >= 0.6 is 0 Å². The third-order valence-electron chi connectivity index (χ3n) is 5.56. The van der Waals surface area contributed by atoms with E-state index in [1.807, 2.05) is 0 Å². The molecule has 2 fully saturated rings. The maximum atomic E-state index is 2.47. The van der Waals surface area contributed by atoms with Gasteiger partial charge in [-0.3, -0.25) is 0 Å². The van der Waals surface area contributed by atoms with Gasteiger partial charge >= 0.3 is 0 Å². The maximum Gasteiger partial charge on any atom is -0.0234 e. The molecule has 0 heterocycles. The summed E-state index contributed by atoms with van der Waals surface area (Å²) in [5.41, 5.74) is 0. The van der Waals surface area contributed by atoms with E-state index in [2.05, 4.69) is 38.2 Å². The summed E-state index contributed by atoms with van der Waals surface area (Å²) in [5.74, 6) is 1.85. The largest absolute Gasteiger partial charge is 0.0883 e. The van der Waals surface area contributed by atoms with Crippen LogP contribution in [0.2, 0.25) is 0 Å². The van der Waals surface area contributed by atoms with E-state index >= 15 is 0 Å². The van der Waals surface area contributed by atoms with E-state index in [0.717, 1.165) is 11.8 Å². The monoisotopic (exact) mass is 332 g/mol. The molecule has 0 bridgehead atoms. The molecule has 2 saturated carbocycles. The Bertz CT molecular complexity index is 268. The van der Waals surface area contributed by atoms with Crippen molar-refractivity contribution in [3.8, 4) is 0 Å². The van der Waals surface area contributed by atoms with Crippen LogP contribution < -0.4 is 0 Å². The van der Waals surface area contributed by atoms with Gasteiger partial charge in [-0.15, -0.1) is 0 Å². The van der Waals surface area contributed by atoms with Gasteiger partial charge in [-0.1, -0.05) is 102 Å². The highest BCUT2D eigenvalue weighted by Gasteiger charge is 2.09. The lowest BCUT2D eigenvalue weighted by molar-refractivity contribution is 0.418. The fraction of sp³-hybridized carbons (Fsp3) is 0.833. The highest BCUT2D eigenvalue weighted by atomic mass is 14.1. The first-order valence-electron chi connectivity index (χ1n) is 11.2. The van der Waals surface area contributed by atoms with Crippen LogP contribution in [0.5, 0.6) is 0 Å². The minimum absolute atomic E-state index is 0.926. The van der Waals surface area contributed by atoms with Crippen LogP contribution in [-0.4, -0.2) is 0 Å². The molecule has 0 aromatic heterocycles. The first kappa shape index (κ1) is 21.5. The van der Waals surface area contributed by atoms with E-state index in [0.29, 0.717) is 0 Å². The SMILES string of the molecule is CCCC/C=C\C1CCCCC1.CCCCC=CC1CCCCC1. The van der Waals surface area contributed by atoms with Crippen LogP contribution in [0, 0.1) is 11.8 Å². The molecule has 0 radical (unpaired) electrons. The molecular weight excluding hydrogens is 288 g/mol. The zero-order valence-electron chi connectivity index (χ0n) is 16.8. The molecule has 0 N–H and O–H groups in total. The predicted octanol–water partition coefficient (Wildman–Crippen LogP) is 8.63. The smallest absolute Gasteiger partial charge is 0.0234 e. The van der Waals surface area contributed by atoms with Gasteiger partial charge < -0.3 is 0 Å². The molecule has 0 heteroatoms. The van der Waals surface area contributed by atoms with Crippen molar-refractivity contribution in [3.05, 3.63) is 24.3 Å². The zero-order chi connectivity index (χ0) is 17.3. The molecule has 0 unspecified atom stereocenters. The summed E-state index contributed by atoms with van der Waals surface area (Å²) < 4.78 is 0. The van der Waals surface area contributed by atoms with Crippen LogP contribution in [-0.2, 0) is 0 Å². The van der Waals surface area contributed by atoms with Gasteiger partial charge in [0, 0.05) is 0 Å². The predicted molar refractivity (Wildman–Crippen MR) is 110 cm³/mol. The van der Waals surface area contributed by atoms with Crippen molar-refractivity contribution >= 4 is 0 Å². The van der Waals surface area contributed by atoms with Crippen LogP contribution in [0.15, 0.2) is 24.3 Å². The Labute approximate surface area is 153 Å². The second-order valence-electron chi connectivity index (χ2n) is 7.94. The lowest BCUT2D eigenvalue weighted by Gasteiger charge is -2.17. The summed E-state index contributed by atoms with van der Waals surface area (Å²) in [6, 6.07) is 0. The van der Waals surface area contributed by atoms with Gasteiger partial charge in [0.1, 0.15) is 0 Å². The summed E-state index contributed by atoms with van der Waals surface area (Å²) >= 11 is 0. The highest BCUT2D eigenvalue weighted by molar-refractivity contribution is 4.90. The summed E-state index contributed by atoms with van der Waals surface area (Å²) in [6.07, 6.45) is 32.3. The Kier molecular flexibility index (Phi) is 14.3. The van der Waals surface area contributed by atoms with Crippen LogP contribution in [0.4, 0.5) is 0 Å². The number of hydrogen-bond donors (Lipinski definition) is 0. The maximum absolute atomic E-state index is 2.47. The standard InChI is InChI=1S/2C12H22/c2*1-2-3-4-6-9-12-10-7-5-8-11-12/h2*6,9,12H,2-5,7-8,10-11H2,1H3/b9-6-;. The number of allylic oxidation sites excluding steroid dienone is 4. The molecular formula is C24H44. The molecule has 0 spiro atoms. The van der Waals surface area contributed by atoms with E-state index in [4.69, 9.17) is 0 Å². The van der Waals surface area contributed by atoms with E-state index in [9.17, 15) is 0 Å². The van der Waals surface area contributed by atoms with Crippen molar-refractivity contribution in [1.29, 1.82) is 0 Å². The van der Waals surface area contributed by atoms with Gasteiger partial charge in [-0.25, -0.2) is 0 Å². The van der Waals surface area contributed by atoms with Crippen LogP contribution in [0.3, 0.4) is 0 Å². The van der Waals surface area contributed by atoms with Crippen LogP contribution in [0.25, 0.3) is 0 Å². The van der Waals surface area contributed by atoms with Gasteiger partial charge in [-0.2, -0.15) is 0 Å². The molecule has 2 aliphatic rings. The molecule has 0 aliphatic heterocycles. The third kappa shape index (κ3) is 11.9. The number of hydrogen-bond acceptors (Lipinski definition) is 0. The van der Waals surface area contributed by atoms with Crippen molar-refractivity contribution in [2.75, 3.05) is 0 Å². The molecule has 0 nitrogen and oxygen atoms in total. The van der Waals surface area contributed by atoms with Crippen molar-refractivity contribution in [1.82, 2.24) is 0 Å². The normalized spacial score (nSPS) is 20.4. The lowest BCUT2D eigenvalue weighted by atomic mass is 9.89. The molecule has 24 heavy (non-hydrogen) atoms.